The second kappa shape index (κ2) is 8.23. The lowest BCUT2D eigenvalue weighted by Crippen LogP contribution is -2.48. The second-order valence-electron chi connectivity index (χ2n) is 8.90. The van der Waals surface area contributed by atoms with Crippen LogP contribution in [0.15, 0.2) is 78.9 Å². The largest absolute Gasteiger partial charge is 0.324 e. The van der Waals surface area contributed by atoms with Gasteiger partial charge in [-0.2, -0.15) is 0 Å². The molecule has 6 nitrogen and oxygen atoms in total. The Morgan fingerprint density at radius 2 is 1.52 bits per heavy atom. The summed E-state index contributed by atoms with van der Waals surface area (Å²) in [5.41, 5.74) is 4.41. The summed E-state index contributed by atoms with van der Waals surface area (Å²) in [7, 11) is -3.35. The monoisotopic (exact) mass is 461 g/mol. The van der Waals surface area contributed by atoms with Crippen molar-refractivity contribution < 1.29 is 13.2 Å². The summed E-state index contributed by atoms with van der Waals surface area (Å²) in [6, 6.07) is 25.4. The highest BCUT2D eigenvalue weighted by molar-refractivity contribution is 7.92. The molecule has 3 aromatic rings. The Bertz CT molecular complexity index is 1280. The van der Waals surface area contributed by atoms with Gasteiger partial charge in [0.15, 0.2) is 0 Å². The third-order valence-corrected chi connectivity index (χ3v) is 7.98. The van der Waals surface area contributed by atoms with E-state index >= 15 is 0 Å². The SMILES string of the molecule is CS(=O)(=O)N1CC2(CCN(C(=O)Nc3ccccc3-c3ccccc3)CC2)c2ccccc21. The Labute approximate surface area is 194 Å². The molecule has 1 spiro atoms. The molecule has 3 aromatic carbocycles. The number of para-hydroxylation sites is 2. The Morgan fingerprint density at radius 1 is 0.879 bits per heavy atom. The van der Waals surface area contributed by atoms with E-state index in [-0.39, 0.29) is 11.4 Å². The van der Waals surface area contributed by atoms with Crippen LogP contribution in [0.2, 0.25) is 0 Å². The summed E-state index contributed by atoms with van der Waals surface area (Å²) in [5.74, 6) is 0. The van der Waals surface area contributed by atoms with Crippen LogP contribution in [0.25, 0.3) is 11.1 Å². The minimum Gasteiger partial charge on any atom is -0.324 e. The number of piperidine rings is 1. The van der Waals surface area contributed by atoms with Crippen LogP contribution in [0.4, 0.5) is 16.2 Å². The van der Waals surface area contributed by atoms with Crippen LogP contribution in [0.1, 0.15) is 18.4 Å². The molecular weight excluding hydrogens is 434 g/mol. The summed E-state index contributed by atoms with van der Waals surface area (Å²) >= 11 is 0. The van der Waals surface area contributed by atoms with Crippen molar-refractivity contribution in [3.63, 3.8) is 0 Å². The molecule has 1 saturated heterocycles. The van der Waals surface area contributed by atoms with Gasteiger partial charge in [0.05, 0.1) is 17.6 Å². The lowest BCUT2D eigenvalue weighted by molar-refractivity contribution is 0.173. The number of hydrogen-bond donors (Lipinski definition) is 1. The number of sulfonamides is 1. The molecule has 33 heavy (non-hydrogen) atoms. The fourth-order valence-electron chi connectivity index (χ4n) is 5.10. The van der Waals surface area contributed by atoms with E-state index in [2.05, 4.69) is 5.32 Å². The number of fused-ring (bicyclic) bond motifs is 2. The third-order valence-electron chi connectivity index (χ3n) is 6.85. The number of carbonyl (C=O) groups is 1. The Hall–Kier alpha value is -3.32. The predicted molar refractivity (Wildman–Crippen MR) is 132 cm³/mol. The first-order valence-electron chi connectivity index (χ1n) is 11.2. The summed E-state index contributed by atoms with van der Waals surface area (Å²) in [4.78, 5) is 15.0. The lowest BCUT2D eigenvalue weighted by Gasteiger charge is -2.39. The van der Waals surface area contributed by atoms with Gasteiger partial charge in [-0.05, 0) is 36.1 Å². The van der Waals surface area contributed by atoms with E-state index in [1.54, 1.807) is 0 Å². The van der Waals surface area contributed by atoms with E-state index in [0.29, 0.717) is 19.6 Å². The molecule has 0 aliphatic carbocycles. The molecule has 2 heterocycles. The third kappa shape index (κ3) is 3.97. The van der Waals surface area contributed by atoms with Crippen LogP contribution < -0.4 is 9.62 Å². The molecule has 0 unspecified atom stereocenters. The van der Waals surface area contributed by atoms with Crippen molar-refractivity contribution >= 4 is 27.4 Å². The van der Waals surface area contributed by atoms with Gasteiger partial charge in [-0.25, -0.2) is 13.2 Å². The van der Waals surface area contributed by atoms with Gasteiger partial charge in [-0.1, -0.05) is 66.7 Å². The Morgan fingerprint density at radius 3 is 2.24 bits per heavy atom. The molecule has 2 aliphatic heterocycles. The van der Waals surface area contributed by atoms with Crippen LogP contribution in [-0.4, -0.2) is 45.2 Å². The molecule has 1 fully saturated rings. The zero-order valence-electron chi connectivity index (χ0n) is 18.6. The minimum atomic E-state index is -3.35. The standard InChI is InChI=1S/C26H27N3O3S/c1-33(31,32)29-19-26(22-12-6-8-14-24(22)29)15-17-28(18-16-26)25(30)27-23-13-7-5-11-21(23)20-9-3-2-4-10-20/h2-14H,15-19H2,1H3,(H,27,30). The van der Waals surface area contributed by atoms with Crippen LogP contribution in [0, 0.1) is 0 Å². The van der Waals surface area contributed by atoms with Crippen molar-refractivity contribution in [2.45, 2.75) is 18.3 Å². The number of hydrogen-bond acceptors (Lipinski definition) is 3. The summed E-state index contributed by atoms with van der Waals surface area (Å²) in [6.45, 7) is 1.59. The molecule has 5 rings (SSSR count). The quantitative estimate of drug-likeness (QED) is 0.615. The van der Waals surface area contributed by atoms with Gasteiger partial charge in [0.1, 0.15) is 0 Å². The van der Waals surface area contributed by atoms with Gasteiger partial charge in [0.25, 0.3) is 0 Å². The fourth-order valence-corrected chi connectivity index (χ4v) is 6.10. The normalized spacial score (nSPS) is 17.1. The van der Waals surface area contributed by atoms with E-state index in [0.717, 1.165) is 40.9 Å². The number of amides is 2. The maximum absolute atomic E-state index is 13.1. The van der Waals surface area contributed by atoms with Gasteiger partial charge in [0, 0.05) is 30.6 Å². The summed E-state index contributed by atoms with van der Waals surface area (Å²) in [6.07, 6.45) is 2.71. The van der Waals surface area contributed by atoms with Crippen molar-refractivity contribution in [3.05, 3.63) is 84.4 Å². The Kier molecular flexibility index (Phi) is 5.37. The molecule has 0 aromatic heterocycles. The van der Waals surface area contributed by atoms with Gasteiger partial charge >= 0.3 is 6.03 Å². The average Bonchev–Trinajstić information content (AvgIpc) is 3.15. The van der Waals surface area contributed by atoms with Crippen molar-refractivity contribution in [3.8, 4) is 11.1 Å². The number of likely N-dealkylation sites (tertiary alicyclic amines) is 1. The van der Waals surface area contributed by atoms with Gasteiger partial charge in [0.2, 0.25) is 10.0 Å². The number of carbonyl (C=O) groups excluding carboxylic acids is 1. The highest BCUT2D eigenvalue weighted by Gasteiger charge is 2.47. The minimum absolute atomic E-state index is 0.125. The molecule has 2 aliphatic rings. The topological polar surface area (TPSA) is 69.7 Å². The number of benzene rings is 3. The van der Waals surface area contributed by atoms with Crippen molar-refractivity contribution in [2.24, 2.45) is 0 Å². The molecule has 0 atom stereocenters. The van der Waals surface area contributed by atoms with Gasteiger partial charge in [-0.3, -0.25) is 4.31 Å². The van der Waals surface area contributed by atoms with E-state index in [4.69, 9.17) is 0 Å². The van der Waals surface area contributed by atoms with E-state index in [9.17, 15) is 13.2 Å². The average molecular weight is 462 g/mol. The number of anilines is 2. The number of nitrogens with one attached hydrogen (secondary N) is 1. The molecule has 0 radical (unpaired) electrons. The molecular formula is C26H27N3O3S. The summed E-state index contributed by atoms with van der Waals surface area (Å²) in [5, 5.41) is 3.09. The van der Waals surface area contributed by atoms with Crippen LogP contribution in [-0.2, 0) is 15.4 Å². The molecule has 7 heteroatoms. The highest BCUT2D eigenvalue weighted by Crippen LogP contribution is 2.47. The van der Waals surface area contributed by atoms with E-state index < -0.39 is 10.0 Å². The van der Waals surface area contributed by atoms with E-state index in [1.165, 1.54) is 10.6 Å². The number of nitrogens with zero attached hydrogens (tertiary/aromatic N) is 2. The maximum Gasteiger partial charge on any atom is 0.321 e. The number of rotatable bonds is 3. The first kappa shape index (κ1) is 21.5. The maximum atomic E-state index is 13.1. The highest BCUT2D eigenvalue weighted by atomic mass is 32.2. The number of urea groups is 1. The summed E-state index contributed by atoms with van der Waals surface area (Å²) < 4.78 is 26.3. The predicted octanol–water partition coefficient (Wildman–Crippen LogP) is 4.70. The first-order valence-corrected chi connectivity index (χ1v) is 13.0. The molecule has 0 saturated carbocycles. The lowest BCUT2D eigenvalue weighted by atomic mass is 9.74. The smallest absolute Gasteiger partial charge is 0.321 e. The first-order chi connectivity index (χ1) is 15.9. The fraction of sp³-hybridized carbons (Fsp3) is 0.269. The Balaban J connectivity index is 1.33. The van der Waals surface area contributed by atoms with Crippen LogP contribution in [0.3, 0.4) is 0 Å². The molecule has 0 bridgehead atoms. The second-order valence-corrected chi connectivity index (χ2v) is 10.8. The van der Waals surface area contributed by atoms with Crippen molar-refractivity contribution in [1.29, 1.82) is 0 Å². The van der Waals surface area contributed by atoms with Gasteiger partial charge < -0.3 is 10.2 Å². The van der Waals surface area contributed by atoms with Crippen molar-refractivity contribution in [2.75, 3.05) is 35.5 Å². The molecule has 2 amide bonds. The molecule has 170 valence electrons. The zero-order chi connectivity index (χ0) is 23.1. The molecule has 1 N–H and O–H groups in total. The zero-order valence-corrected chi connectivity index (χ0v) is 19.4. The van der Waals surface area contributed by atoms with Crippen molar-refractivity contribution in [1.82, 2.24) is 4.90 Å². The van der Waals surface area contributed by atoms with E-state index in [1.807, 2.05) is 83.8 Å². The van der Waals surface area contributed by atoms with Crippen LogP contribution in [0.5, 0.6) is 0 Å². The van der Waals surface area contributed by atoms with Gasteiger partial charge in [-0.15, -0.1) is 0 Å². The van der Waals surface area contributed by atoms with Crippen LogP contribution >= 0.6 is 0 Å².